The van der Waals surface area contributed by atoms with E-state index in [4.69, 9.17) is 5.73 Å². The molecule has 0 bridgehead atoms. The molecule has 0 spiro atoms. The fourth-order valence-corrected chi connectivity index (χ4v) is 2.20. The van der Waals surface area contributed by atoms with Crippen molar-refractivity contribution in [2.45, 2.75) is 17.3 Å². The second-order valence-corrected chi connectivity index (χ2v) is 4.47. The average Bonchev–Trinajstić information content (AvgIpc) is 2.73. The molecule has 0 aromatic carbocycles. The molecule has 0 saturated carbocycles. The molecule has 2 rings (SSSR count). The first kappa shape index (κ1) is 11.1. The van der Waals surface area contributed by atoms with Crippen LogP contribution in [-0.2, 0) is 0 Å². The summed E-state index contributed by atoms with van der Waals surface area (Å²) < 4.78 is 0. The maximum atomic E-state index is 5.73. The molecule has 1 atom stereocenters. The van der Waals surface area contributed by atoms with Gasteiger partial charge in [0.25, 0.3) is 0 Å². The Labute approximate surface area is 97.9 Å². The SMILES string of the molecule is Cc1nc(SC(CN)c2ccccn2)n[nH]1. The Morgan fingerprint density at radius 3 is 2.94 bits per heavy atom. The third-order valence-corrected chi connectivity index (χ3v) is 3.17. The highest BCUT2D eigenvalue weighted by Crippen LogP contribution is 2.30. The molecule has 0 saturated heterocycles. The minimum atomic E-state index is 0.0939. The molecular weight excluding hydrogens is 222 g/mol. The van der Waals surface area contributed by atoms with Crippen LogP contribution in [0.25, 0.3) is 0 Å². The Hall–Kier alpha value is -1.40. The summed E-state index contributed by atoms with van der Waals surface area (Å²) in [5.41, 5.74) is 6.69. The predicted octanol–water partition coefficient (Wildman–Crippen LogP) is 1.30. The number of aryl methyl sites for hydroxylation is 1. The zero-order valence-corrected chi connectivity index (χ0v) is 9.74. The van der Waals surface area contributed by atoms with Gasteiger partial charge in [-0.05, 0) is 19.1 Å². The highest BCUT2D eigenvalue weighted by atomic mass is 32.2. The topological polar surface area (TPSA) is 80.5 Å². The Balaban J connectivity index is 2.12. The van der Waals surface area contributed by atoms with Crippen LogP contribution < -0.4 is 5.73 Å². The van der Waals surface area contributed by atoms with E-state index in [9.17, 15) is 0 Å². The number of aromatic nitrogens is 4. The summed E-state index contributed by atoms with van der Waals surface area (Å²) in [5.74, 6) is 0.805. The molecule has 3 N–H and O–H groups in total. The van der Waals surface area contributed by atoms with E-state index in [-0.39, 0.29) is 5.25 Å². The quantitative estimate of drug-likeness (QED) is 0.781. The number of hydrogen-bond acceptors (Lipinski definition) is 5. The Kier molecular flexibility index (Phi) is 3.53. The van der Waals surface area contributed by atoms with Gasteiger partial charge in [-0.15, -0.1) is 5.10 Å². The lowest BCUT2D eigenvalue weighted by Gasteiger charge is -2.10. The maximum Gasteiger partial charge on any atom is 0.209 e. The number of hydrogen-bond donors (Lipinski definition) is 2. The molecule has 2 aromatic heterocycles. The molecule has 0 aliphatic rings. The monoisotopic (exact) mass is 235 g/mol. The lowest BCUT2D eigenvalue weighted by atomic mass is 10.3. The van der Waals surface area contributed by atoms with Crippen molar-refractivity contribution >= 4 is 11.8 Å². The normalized spacial score (nSPS) is 12.6. The van der Waals surface area contributed by atoms with Gasteiger partial charge in [0.2, 0.25) is 5.16 Å². The van der Waals surface area contributed by atoms with E-state index in [1.54, 1.807) is 6.20 Å². The van der Waals surface area contributed by atoms with Gasteiger partial charge in [0.1, 0.15) is 5.82 Å². The molecule has 0 radical (unpaired) electrons. The lowest BCUT2D eigenvalue weighted by Crippen LogP contribution is -2.10. The first-order chi connectivity index (χ1) is 7.79. The minimum Gasteiger partial charge on any atom is -0.329 e. The van der Waals surface area contributed by atoms with E-state index in [0.29, 0.717) is 11.7 Å². The van der Waals surface area contributed by atoms with E-state index in [0.717, 1.165) is 11.5 Å². The average molecular weight is 235 g/mol. The molecule has 1 unspecified atom stereocenters. The summed E-state index contributed by atoms with van der Waals surface area (Å²) in [6.07, 6.45) is 1.77. The summed E-state index contributed by atoms with van der Waals surface area (Å²) in [6, 6.07) is 5.80. The number of H-pyrrole nitrogens is 1. The molecule has 0 fully saturated rings. The zero-order valence-electron chi connectivity index (χ0n) is 8.92. The number of thioether (sulfide) groups is 1. The van der Waals surface area contributed by atoms with Crippen molar-refractivity contribution in [3.8, 4) is 0 Å². The van der Waals surface area contributed by atoms with Crippen molar-refractivity contribution in [3.63, 3.8) is 0 Å². The second-order valence-electron chi connectivity index (χ2n) is 3.30. The molecule has 5 nitrogen and oxygen atoms in total. The van der Waals surface area contributed by atoms with Crippen LogP contribution in [-0.4, -0.2) is 26.7 Å². The van der Waals surface area contributed by atoms with Crippen LogP contribution in [0.4, 0.5) is 0 Å². The minimum absolute atomic E-state index is 0.0939. The lowest BCUT2D eigenvalue weighted by molar-refractivity contribution is 0.882. The molecule has 16 heavy (non-hydrogen) atoms. The van der Waals surface area contributed by atoms with Crippen molar-refractivity contribution in [2.75, 3.05) is 6.54 Å². The van der Waals surface area contributed by atoms with Gasteiger partial charge in [-0.2, -0.15) is 0 Å². The molecule has 0 amide bonds. The van der Waals surface area contributed by atoms with Gasteiger partial charge >= 0.3 is 0 Å². The summed E-state index contributed by atoms with van der Waals surface area (Å²) in [7, 11) is 0. The fourth-order valence-electron chi connectivity index (χ4n) is 1.30. The maximum absolute atomic E-state index is 5.73. The second kappa shape index (κ2) is 5.09. The molecule has 2 heterocycles. The van der Waals surface area contributed by atoms with Crippen LogP contribution >= 0.6 is 11.8 Å². The standard InChI is InChI=1S/C10H13N5S/c1-7-13-10(15-14-7)16-9(6-11)8-4-2-3-5-12-8/h2-5,9H,6,11H2,1H3,(H,13,14,15). The van der Waals surface area contributed by atoms with Crippen LogP contribution in [0, 0.1) is 6.92 Å². The highest BCUT2D eigenvalue weighted by Gasteiger charge is 2.14. The van der Waals surface area contributed by atoms with Crippen LogP contribution in [0.15, 0.2) is 29.6 Å². The van der Waals surface area contributed by atoms with Crippen molar-refractivity contribution in [2.24, 2.45) is 5.73 Å². The largest absolute Gasteiger partial charge is 0.329 e. The van der Waals surface area contributed by atoms with Gasteiger partial charge < -0.3 is 5.73 Å². The number of pyridine rings is 1. The van der Waals surface area contributed by atoms with E-state index < -0.39 is 0 Å². The van der Waals surface area contributed by atoms with E-state index in [1.807, 2.05) is 25.1 Å². The summed E-state index contributed by atoms with van der Waals surface area (Å²) in [5, 5.41) is 7.68. The van der Waals surface area contributed by atoms with Crippen molar-refractivity contribution in [3.05, 3.63) is 35.9 Å². The van der Waals surface area contributed by atoms with E-state index >= 15 is 0 Å². The molecule has 84 valence electrons. The summed E-state index contributed by atoms with van der Waals surface area (Å²) in [6.45, 7) is 2.38. The van der Waals surface area contributed by atoms with Crippen LogP contribution in [0.5, 0.6) is 0 Å². The number of nitrogens with two attached hydrogens (primary N) is 1. The van der Waals surface area contributed by atoms with Gasteiger partial charge in [-0.1, -0.05) is 17.8 Å². The Bertz CT molecular complexity index is 441. The highest BCUT2D eigenvalue weighted by molar-refractivity contribution is 7.99. The number of aromatic amines is 1. The van der Waals surface area contributed by atoms with E-state index in [2.05, 4.69) is 20.2 Å². The van der Waals surface area contributed by atoms with Gasteiger partial charge in [-0.3, -0.25) is 10.1 Å². The third kappa shape index (κ3) is 2.59. The Morgan fingerprint density at radius 2 is 2.38 bits per heavy atom. The zero-order chi connectivity index (χ0) is 11.4. The molecule has 0 aliphatic carbocycles. The molecule has 0 aliphatic heterocycles. The fraction of sp³-hybridized carbons (Fsp3) is 0.300. The van der Waals surface area contributed by atoms with Crippen LogP contribution in [0.2, 0.25) is 0 Å². The predicted molar refractivity (Wildman–Crippen MR) is 63.0 cm³/mol. The van der Waals surface area contributed by atoms with Crippen LogP contribution in [0.3, 0.4) is 0 Å². The molecule has 2 aromatic rings. The van der Waals surface area contributed by atoms with Gasteiger partial charge in [-0.25, -0.2) is 4.98 Å². The molecular formula is C10H13N5S. The van der Waals surface area contributed by atoms with Crippen molar-refractivity contribution in [1.29, 1.82) is 0 Å². The van der Waals surface area contributed by atoms with Gasteiger partial charge in [0, 0.05) is 12.7 Å². The summed E-state index contributed by atoms with van der Waals surface area (Å²) in [4.78, 5) is 8.52. The number of rotatable bonds is 4. The Morgan fingerprint density at radius 1 is 1.50 bits per heavy atom. The first-order valence-electron chi connectivity index (χ1n) is 4.96. The third-order valence-electron chi connectivity index (χ3n) is 2.06. The molecule has 6 heteroatoms. The van der Waals surface area contributed by atoms with E-state index in [1.165, 1.54) is 11.8 Å². The van der Waals surface area contributed by atoms with Crippen LogP contribution in [0.1, 0.15) is 16.8 Å². The van der Waals surface area contributed by atoms with Gasteiger partial charge in [0.05, 0.1) is 10.9 Å². The van der Waals surface area contributed by atoms with Crippen molar-refractivity contribution in [1.82, 2.24) is 20.2 Å². The smallest absolute Gasteiger partial charge is 0.209 e. The number of nitrogens with zero attached hydrogens (tertiary/aromatic N) is 3. The first-order valence-corrected chi connectivity index (χ1v) is 5.84. The number of nitrogens with one attached hydrogen (secondary N) is 1. The van der Waals surface area contributed by atoms with Crippen molar-refractivity contribution < 1.29 is 0 Å². The summed E-state index contributed by atoms with van der Waals surface area (Å²) >= 11 is 1.52. The van der Waals surface area contributed by atoms with Gasteiger partial charge in [0.15, 0.2) is 0 Å².